The van der Waals surface area contributed by atoms with Crippen LogP contribution in [-0.2, 0) is 6.42 Å². The van der Waals surface area contributed by atoms with Crippen LogP contribution in [0.3, 0.4) is 0 Å². The van der Waals surface area contributed by atoms with Crippen molar-refractivity contribution in [3.05, 3.63) is 75.0 Å². The molecular formula is C23H25Cl2N5OS. The Morgan fingerprint density at radius 1 is 1.09 bits per heavy atom. The second-order valence-corrected chi connectivity index (χ2v) is 9.44. The summed E-state index contributed by atoms with van der Waals surface area (Å²) in [6.45, 7) is 7.09. The van der Waals surface area contributed by atoms with Crippen molar-refractivity contribution >= 4 is 45.8 Å². The van der Waals surface area contributed by atoms with Gasteiger partial charge in [-0.05, 0) is 30.7 Å². The number of halogens is 2. The van der Waals surface area contributed by atoms with Crippen LogP contribution >= 0.6 is 34.7 Å². The number of nitrogens with zero attached hydrogens (tertiary/aromatic N) is 4. The summed E-state index contributed by atoms with van der Waals surface area (Å²) >= 11 is 13.5. The van der Waals surface area contributed by atoms with Crippen molar-refractivity contribution in [3.63, 3.8) is 0 Å². The Bertz CT molecular complexity index is 1060. The van der Waals surface area contributed by atoms with E-state index in [9.17, 15) is 4.79 Å². The van der Waals surface area contributed by atoms with Gasteiger partial charge < -0.3 is 10.2 Å². The summed E-state index contributed by atoms with van der Waals surface area (Å²) in [6, 6.07) is 13.4. The maximum Gasteiger partial charge on any atom is 0.252 e. The lowest BCUT2D eigenvalue weighted by Crippen LogP contribution is -2.48. The number of piperazine rings is 1. The first-order chi connectivity index (χ1) is 15.5. The number of nitrogens with one attached hydrogen (secondary N) is 1. The second kappa shape index (κ2) is 10.6. The van der Waals surface area contributed by atoms with Crippen LogP contribution in [0.4, 0.5) is 5.13 Å². The number of hydrogen-bond donors (Lipinski definition) is 1. The van der Waals surface area contributed by atoms with Crippen molar-refractivity contribution in [2.45, 2.75) is 13.3 Å². The van der Waals surface area contributed by atoms with Crippen molar-refractivity contribution in [3.8, 4) is 0 Å². The van der Waals surface area contributed by atoms with Crippen LogP contribution in [-0.4, -0.2) is 59.4 Å². The number of carbonyl (C=O) groups is 1. The molecule has 0 aliphatic carbocycles. The van der Waals surface area contributed by atoms with Gasteiger partial charge in [0.05, 0.1) is 10.6 Å². The van der Waals surface area contributed by atoms with Gasteiger partial charge in [-0.2, -0.15) is 4.37 Å². The van der Waals surface area contributed by atoms with Gasteiger partial charge in [0.25, 0.3) is 5.91 Å². The fourth-order valence-electron chi connectivity index (χ4n) is 3.59. The third-order valence-corrected chi connectivity index (χ3v) is 6.83. The molecule has 0 radical (unpaired) electrons. The van der Waals surface area contributed by atoms with Gasteiger partial charge in [0, 0.05) is 62.2 Å². The van der Waals surface area contributed by atoms with Crippen LogP contribution in [0.15, 0.2) is 42.5 Å². The number of anilines is 1. The van der Waals surface area contributed by atoms with Gasteiger partial charge >= 0.3 is 0 Å². The summed E-state index contributed by atoms with van der Waals surface area (Å²) in [5, 5.41) is 4.80. The normalized spacial score (nSPS) is 14.5. The molecule has 2 aromatic carbocycles. The first-order valence-corrected chi connectivity index (χ1v) is 12.1. The van der Waals surface area contributed by atoms with Gasteiger partial charge in [-0.1, -0.05) is 53.0 Å². The lowest BCUT2D eigenvalue weighted by molar-refractivity contribution is 0.0948. The quantitative estimate of drug-likeness (QED) is 0.536. The minimum absolute atomic E-state index is 0.180. The van der Waals surface area contributed by atoms with Gasteiger partial charge in [0.2, 0.25) is 5.13 Å². The minimum Gasteiger partial charge on any atom is -0.351 e. The van der Waals surface area contributed by atoms with Gasteiger partial charge in [0.1, 0.15) is 5.82 Å². The molecule has 9 heteroatoms. The van der Waals surface area contributed by atoms with Gasteiger partial charge in [-0.15, -0.1) is 0 Å². The zero-order valence-corrected chi connectivity index (χ0v) is 20.2. The maximum atomic E-state index is 12.3. The molecule has 1 amide bonds. The average Bonchev–Trinajstić information content (AvgIpc) is 3.24. The molecule has 6 nitrogen and oxygen atoms in total. The van der Waals surface area contributed by atoms with Crippen LogP contribution in [0.1, 0.15) is 27.3 Å². The summed E-state index contributed by atoms with van der Waals surface area (Å²) in [5.74, 6) is 0.695. The van der Waals surface area contributed by atoms with E-state index in [0.717, 1.165) is 50.1 Å². The Hall–Kier alpha value is -2.19. The molecule has 32 heavy (non-hydrogen) atoms. The monoisotopic (exact) mass is 489 g/mol. The molecule has 2 heterocycles. The van der Waals surface area contributed by atoms with Crippen LogP contribution in [0, 0.1) is 6.92 Å². The molecule has 3 aromatic rings. The van der Waals surface area contributed by atoms with E-state index in [1.165, 1.54) is 22.7 Å². The van der Waals surface area contributed by atoms with E-state index in [1.807, 2.05) is 0 Å². The third-order valence-electron chi connectivity index (χ3n) is 5.47. The fourth-order valence-corrected chi connectivity index (χ4v) is 4.82. The highest BCUT2D eigenvalue weighted by atomic mass is 35.5. The van der Waals surface area contributed by atoms with E-state index in [0.29, 0.717) is 22.2 Å². The van der Waals surface area contributed by atoms with Crippen LogP contribution in [0.5, 0.6) is 0 Å². The highest BCUT2D eigenvalue weighted by Crippen LogP contribution is 2.22. The Labute approximate surface area is 202 Å². The van der Waals surface area contributed by atoms with E-state index in [4.69, 9.17) is 28.2 Å². The number of amides is 1. The molecular weight excluding hydrogens is 465 g/mol. The summed E-state index contributed by atoms with van der Waals surface area (Å²) in [4.78, 5) is 21.7. The molecule has 0 atom stereocenters. The number of aryl methyl sites for hydroxylation is 1. The van der Waals surface area contributed by atoms with Crippen molar-refractivity contribution in [2.75, 3.05) is 44.2 Å². The Balaban J connectivity index is 1.21. The highest BCUT2D eigenvalue weighted by Gasteiger charge is 2.20. The Kier molecular flexibility index (Phi) is 7.63. The van der Waals surface area contributed by atoms with Crippen molar-refractivity contribution in [2.24, 2.45) is 0 Å². The molecule has 1 aromatic heterocycles. The molecule has 1 fully saturated rings. The summed E-state index contributed by atoms with van der Waals surface area (Å²) in [7, 11) is 0. The molecule has 0 bridgehead atoms. The predicted octanol–water partition coefficient (Wildman–Crippen LogP) is 4.30. The van der Waals surface area contributed by atoms with E-state index < -0.39 is 0 Å². The zero-order chi connectivity index (χ0) is 22.5. The SMILES string of the molecule is Cc1ccc(Cc2nsc(N3CCN(CCNC(=O)c4ccc(Cl)cc4Cl)CC3)n2)cc1. The third kappa shape index (κ3) is 5.98. The molecule has 1 saturated heterocycles. The second-order valence-electron chi connectivity index (χ2n) is 7.86. The van der Waals surface area contributed by atoms with E-state index in [-0.39, 0.29) is 5.91 Å². The molecule has 0 spiro atoms. The summed E-state index contributed by atoms with van der Waals surface area (Å²) < 4.78 is 4.55. The van der Waals surface area contributed by atoms with Crippen molar-refractivity contribution in [1.29, 1.82) is 0 Å². The number of benzene rings is 2. The van der Waals surface area contributed by atoms with Crippen LogP contribution < -0.4 is 10.2 Å². The number of hydrogen-bond acceptors (Lipinski definition) is 6. The Morgan fingerprint density at radius 2 is 1.84 bits per heavy atom. The minimum atomic E-state index is -0.180. The van der Waals surface area contributed by atoms with Gasteiger partial charge in [-0.25, -0.2) is 4.98 Å². The van der Waals surface area contributed by atoms with Gasteiger partial charge in [0.15, 0.2) is 0 Å². The summed E-state index contributed by atoms with van der Waals surface area (Å²) in [6.07, 6.45) is 0.758. The van der Waals surface area contributed by atoms with E-state index in [1.54, 1.807) is 18.2 Å². The highest BCUT2D eigenvalue weighted by molar-refractivity contribution is 7.09. The smallest absolute Gasteiger partial charge is 0.252 e. The molecule has 0 unspecified atom stereocenters. The van der Waals surface area contributed by atoms with Crippen molar-refractivity contribution < 1.29 is 4.79 Å². The van der Waals surface area contributed by atoms with Crippen LogP contribution in [0.25, 0.3) is 0 Å². The Morgan fingerprint density at radius 3 is 2.56 bits per heavy atom. The van der Waals surface area contributed by atoms with Crippen molar-refractivity contribution in [1.82, 2.24) is 19.6 Å². The predicted molar refractivity (Wildman–Crippen MR) is 131 cm³/mol. The molecule has 0 saturated carbocycles. The standard InChI is InChI=1S/C23H25Cl2N5OS/c1-16-2-4-17(5-3-16)14-21-27-23(32-28-21)30-12-10-29(11-13-30)9-8-26-22(31)19-7-6-18(24)15-20(19)25/h2-7,15H,8-14H2,1H3,(H,26,31). The largest absolute Gasteiger partial charge is 0.351 e. The molecule has 4 rings (SSSR count). The molecule has 1 aliphatic heterocycles. The topological polar surface area (TPSA) is 61.4 Å². The molecule has 168 valence electrons. The lowest BCUT2D eigenvalue weighted by atomic mass is 10.1. The number of aromatic nitrogens is 2. The van der Waals surface area contributed by atoms with Crippen LogP contribution in [0.2, 0.25) is 10.0 Å². The first-order valence-electron chi connectivity index (χ1n) is 10.6. The maximum absolute atomic E-state index is 12.3. The average molecular weight is 490 g/mol. The number of rotatable bonds is 7. The first kappa shape index (κ1) is 23.0. The zero-order valence-electron chi connectivity index (χ0n) is 17.9. The van der Waals surface area contributed by atoms with E-state index in [2.05, 4.69) is 50.7 Å². The van der Waals surface area contributed by atoms with Gasteiger partial charge in [-0.3, -0.25) is 9.69 Å². The fraction of sp³-hybridized carbons (Fsp3) is 0.348. The lowest BCUT2D eigenvalue weighted by Gasteiger charge is -2.34. The number of carbonyl (C=O) groups excluding carboxylic acids is 1. The summed E-state index contributed by atoms with van der Waals surface area (Å²) in [5.41, 5.74) is 2.93. The molecule has 1 N–H and O–H groups in total. The molecule has 1 aliphatic rings. The van der Waals surface area contributed by atoms with E-state index >= 15 is 0 Å².